The number of nitrogens with zero attached hydrogens (tertiary/aromatic N) is 3. The molecule has 0 saturated carbocycles. The van der Waals surface area contributed by atoms with Crippen molar-refractivity contribution in [3.8, 4) is 11.5 Å². The van der Waals surface area contributed by atoms with Crippen molar-refractivity contribution < 1.29 is 17.9 Å². The van der Waals surface area contributed by atoms with Gasteiger partial charge >= 0.3 is 0 Å². The number of sulfone groups is 1. The number of ether oxygens (including phenoxy) is 1. The molecule has 9 heteroatoms. The summed E-state index contributed by atoms with van der Waals surface area (Å²) >= 11 is 0. The lowest BCUT2D eigenvalue weighted by Gasteiger charge is -2.10. The highest BCUT2D eigenvalue weighted by Gasteiger charge is 2.16. The molecule has 2 aromatic carbocycles. The van der Waals surface area contributed by atoms with Gasteiger partial charge in [0.05, 0.1) is 15.8 Å². The van der Waals surface area contributed by atoms with Crippen LogP contribution in [0.2, 0.25) is 0 Å². The Morgan fingerprint density at radius 3 is 2.55 bits per heavy atom. The molecule has 1 N–H and O–H groups in total. The van der Waals surface area contributed by atoms with Gasteiger partial charge in [-0.1, -0.05) is 6.07 Å². The van der Waals surface area contributed by atoms with Gasteiger partial charge < -0.3 is 10.1 Å². The SMILES string of the molecule is CCn1cc2c(Oc3ccc(S(C)(=O)=O)cc3)cc(C(=O)Nc3ccccn3)cc2n1. The topological polar surface area (TPSA) is 103 Å². The first-order chi connectivity index (χ1) is 14.8. The minimum Gasteiger partial charge on any atom is -0.457 e. The van der Waals surface area contributed by atoms with Gasteiger partial charge in [0.1, 0.15) is 17.3 Å². The van der Waals surface area contributed by atoms with Gasteiger partial charge in [0.15, 0.2) is 9.84 Å². The summed E-state index contributed by atoms with van der Waals surface area (Å²) in [6.45, 7) is 2.62. The van der Waals surface area contributed by atoms with Gasteiger partial charge in [-0.05, 0) is 55.5 Å². The molecular formula is C22H20N4O4S. The summed E-state index contributed by atoms with van der Waals surface area (Å²) in [5.41, 5.74) is 0.973. The number of anilines is 1. The number of nitrogens with one attached hydrogen (secondary N) is 1. The number of hydrogen-bond donors (Lipinski definition) is 1. The Morgan fingerprint density at radius 2 is 1.90 bits per heavy atom. The molecule has 0 bridgehead atoms. The van der Waals surface area contributed by atoms with Crippen LogP contribution in [-0.2, 0) is 16.4 Å². The zero-order valence-electron chi connectivity index (χ0n) is 16.9. The fraction of sp³-hybridized carbons (Fsp3) is 0.136. The maximum atomic E-state index is 12.8. The van der Waals surface area contributed by atoms with Crippen LogP contribution in [-0.4, -0.2) is 35.3 Å². The second kappa shape index (κ2) is 8.19. The Bertz CT molecular complexity index is 1350. The van der Waals surface area contributed by atoms with Gasteiger partial charge in [0, 0.05) is 30.8 Å². The summed E-state index contributed by atoms with van der Waals surface area (Å²) < 4.78 is 31.1. The lowest BCUT2D eigenvalue weighted by molar-refractivity contribution is 0.102. The van der Waals surface area contributed by atoms with Crippen LogP contribution in [0.5, 0.6) is 11.5 Å². The summed E-state index contributed by atoms with van der Waals surface area (Å²) in [5, 5.41) is 7.98. The highest BCUT2D eigenvalue weighted by molar-refractivity contribution is 7.90. The molecule has 0 atom stereocenters. The molecule has 0 spiro atoms. The summed E-state index contributed by atoms with van der Waals surface area (Å²) in [6, 6.07) is 14.7. The molecule has 0 aliphatic rings. The normalized spacial score (nSPS) is 11.4. The minimum atomic E-state index is -3.30. The van der Waals surface area contributed by atoms with Gasteiger partial charge in [0.25, 0.3) is 5.91 Å². The van der Waals surface area contributed by atoms with Crippen LogP contribution in [0.1, 0.15) is 17.3 Å². The Labute approximate surface area is 179 Å². The smallest absolute Gasteiger partial charge is 0.257 e. The first-order valence-corrected chi connectivity index (χ1v) is 11.4. The third kappa shape index (κ3) is 4.56. The Balaban J connectivity index is 1.71. The van der Waals surface area contributed by atoms with E-state index in [1.807, 2.05) is 13.1 Å². The van der Waals surface area contributed by atoms with E-state index >= 15 is 0 Å². The summed E-state index contributed by atoms with van der Waals surface area (Å²) in [7, 11) is -3.30. The van der Waals surface area contributed by atoms with Crippen molar-refractivity contribution in [2.45, 2.75) is 18.4 Å². The molecule has 2 aromatic heterocycles. The van der Waals surface area contributed by atoms with Crippen molar-refractivity contribution in [2.75, 3.05) is 11.6 Å². The summed E-state index contributed by atoms with van der Waals surface area (Å²) in [6.07, 6.45) is 4.58. The lowest BCUT2D eigenvalue weighted by atomic mass is 10.1. The van der Waals surface area contributed by atoms with Crippen LogP contribution in [0, 0.1) is 0 Å². The predicted octanol–water partition coefficient (Wildman–Crippen LogP) is 3.90. The number of pyridine rings is 1. The number of aryl methyl sites for hydroxylation is 1. The largest absolute Gasteiger partial charge is 0.457 e. The third-order valence-electron chi connectivity index (χ3n) is 4.61. The van der Waals surface area contributed by atoms with Crippen LogP contribution in [0.4, 0.5) is 5.82 Å². The number of fused-ring (bicyclic) bond motifs is 1. The molecule has 4 rings (SSSR count). The van der Waals surface area contributed by atoms with E-state index in [0.717, 1.165) is 11.6 Å². The molecule has 0 fully saturated rings. The summed E-state index contributed by atoms with van der Waals surface area (Å²) in [4.78, 5) is 17.1. The number of benzene rings is 2. The van der Waals surface area contributed by atoms with Crippen molar-refractivity contribution in [1.82, 2.24) is 14.8 Å². The zero-order chi connectivity index (χ0) is 22.0. The molecule has 2 heterocycles. The van der Waals surface area contributed by atoms with Crippen LogP contribution < -0.4 is 10.1 Å². The van der Waals surface area contributed by atoms with Gasteiger partial charge in [-0.2, -0.15) is 5.10 Å². The standard InChI is InChI=1S/C22H20N4O4S/c1-3-26-14-18-19(25-26)12-15(22(27)24-21-6-4-5-11-23-21)13-20(18)30-16-7-9-17(10-8-16)31(2,28)29/h4-14H,3H2,1-2H3,(H,23,24,27). The van der Waals surface area contributed by atoms with Crippen molar-refractivity contribution >= 4 is 32.5 Å². The second-order valence-corrected chi connectivity index (χ2v) is 8.92. The van der Waals surface area contributed by atoms with E-state index in [1.165, 1.54) is 12.1 Å². The lowest BCUT2D eigenvalue weighted by Crippen LogP contribution is -2.12. The van der Waals surface area contributed by atoms with Crippen molar-refractivity contribution in [3.63, 3.8) is 0 Å². The average Bonchev–Trinajstić information content (AvgIpc) is 3.18. The number of rotatable bonds is 6. The van der Waals surface area contributed by atoms with Gasteiger partial charge in [-0.3, -0.25) is 9.48 Å². The molecule has 0 radical (unpaired) electrons. The van der Waals surface area contributed by atoms with Crippen molar-refractivity contribution in [2.24, 2.45) is 0 Å². The van der Waals surface area contributed by atoms with Gasteiger partial charge in [-0.25, -0.2) is 13.4 Å². The monoisotopic (exact) mass is 436 g/mol. The van der Waals surface area contributed by atoms with Crippen LogP contribution >= 0.6 is 0 Å². The highest BCUT2D eigenvalue weighted by Crippen LogP contribution is 2.32. The quantitative estimate of drug-likeness (QED) is 0.492. The van der Waals surface area contributed by atoms with Crippen LogP contribution in [0.15, 0.2) is 71.9 Å². The Kier molecular flexibility index (Phi) is 5.43. The predicted molar refractivity (Wildman–Crippen MR) is 117 cm³/mol. The average molecular weight is 436 g/mol. The third-order valence-corrected chi connectivity index (χ3v) is 5.74. The molecule has 158 valence electrons. The van der Waals surface area contributed by atoms with E-state index in [1.54, 1.807) is 53.3 Å². The fourth-order valence-electron chi connectivity index (χ4n) is 3.03. The maximum Gasteiger partial charge on any atom is 0.257 e. The number of carbonyl (C=O) groups is 1. The zero-order valence-corrected chi connectivity index (χ0v) is 17.8. The molecule has 4 aromatic rings. The highest BCUT2D eigenvalue weighted by atomic mass is 32.2. The maximum absolute atomic E-state index is 12.8. The Morgan fingerprint density at radius 1 is 1.13 bits per heavy atom. The molecular weight excluding hydrogens is 416 g/mol. The first kappa shape index (κ1) is 20.5. The van der Waals surface area contributed by atoms with Crippen molar-refractivity contribution in [1.29, 1.82) is 0 Å². The van der Waals surface area contributed by atoms with E-state index in [-0.39, 0.29) is 10.8 Å². The second-order valence-electron chi connectivity index (χ2n) is 6.91. The molecule has 8 nitrogen and oxygen atoms in total. The van der Waals surface area contributed by atoms with Crippen molar-refractivity contribution in [3.05, 3.63) is 72.6 Å². The van der Waals surface area contributed by atoms with E-state index in [4.69, 9.17) is 4.74 Å². The van der Waals surface area contributed by atoms with E-state index < -0.39 is 9.84 Å². The van der Waals surface area contributed by atoms with Crippen LogP contribution in [0.3, 0.4) is 0 Å². The number of carbonyl (C=O) groups excluding carboxylic acids is 1. The van der Waals surface area contributed by atoms with E-state index in [2.05, 4.69) is 15.4 Å². The molecule has 0 aliphatic heterocycles. The molecule has 0 saturated heterocycles. The molecule has 31 heavy (non-hydrogen) atoms. The molecule has 0 unspecified atom stereocenters. The van der Waals surface area contributed by atoms with E-state index in [9.17, 15) is 13.2 Å². The van der Waals surface area contributed by atoms with E-state index in [0.29, 0.717) is 34.9 Å². The first-order valence-electron chi connectivity index (χ1n) is 9.55. The Hall–Kier alpha value is -3.72. The van der Waals surface area contributed by atoms with Gasteiger partial charge in [0.2, 0.25) is 0 Å². The minimum absolute atomic E-state index is 0.201. The number of aromatic nitrogens is 3. The summed E-state index contributed by atoms with van der Waals surface area (Å²) in [5.74, 6) is 0.977. The van der Waals surface area contributed by atoms with Crippen LogP contribution in [0.25, 0.3) is 10.9 Å². The fourth-order valence-corrected chi connectivity index (χ4v) is 3.66. The molecule has 1 amide bonds. The number of hydrogen-bond acceptors (Lipinski definition) is 6. The van der Waals surface area contributed by atoms with Gasteiger partial charge in [-0.15, -0.1) is 0 Å². The number of amides is 1. The molecule has 0 aliphatic carbocycles.